The first-order chi connectivity index (χ1) is 11.8. The third kappa shape index (κ3) is 3.87. The summed E-state index contributed by atoms with van der Waals surface area (Å²) in [6.45, 7) is 7.56. The lowest BCUT2D eigenvalue weighted by Crippen LogP contribution is -2.55. The molecule has 25 heavy (non-hydrogen) atoms. The number of unbranched alkanes of at least 4 members (excludes halogenated alkanes) is 3. The number of hydrogen-bond donors (Lipinski definition) is 0. The van der Waals surface area contributed by atoms with Gasteiger partial charge >= 0.3 is 6.09 Å². The number of amides is 1. The van der Waals surface area contributed by atoms with E-state index in [9.17, 15) is 9.59 Å². The molecular formula is C20H29NO4. The maximum absolute atomic E-state index is 13.1. The summed E-state index contributed by atoms with van der Waals surface area (Å²) in [5.41, 5.74) is -0.913. The van der Waals surface area contributed by atoms with Crippen LogP contribution in [0.3, 0.4) is 0 Å². The number of hydrogen-bond acceptors (Lipinski definition) is 4. The van der Waals surface area contributed by atoms with Gasteiger partial charge in [-0.15, -0.1) is 0 Å². The molecule has 1 atom stereocenters. The number of rotatable bonds is 6. The SMILES string of the molecule is CCCCCCC1(OC)C(=O)c2ccccc2N1C(=O)OC(C)(C)C. The number of para-hydroxylation sites is 1. The fourth-order valence-electron chi connectivity index (χ4n) is 3.22. The number of ketones is 1. The minimum absolute atomic E-state index is 0.173. The molecule has 0 saturated heterocycles. The van der Waals surface area contributed by atoms with Gasteiger partial charge in [-0.2, -0.15) is 0 Å². The van der Waals surface area contributed by atoms with Gasteiger partial charge in [-0.05, 0) is 39.3 Å². The highest BCUT2D eigenvalue weighted by atomic mass is 16.6. The normalized spacial score (nSPS) is 19.9. The molecule has 1 aliphatic rings. The van der Waals surface area contributed by atoms with Gasteiger partial charge in [0.1, 0.15) is 5.60 Å². The van der Waals surface area contributed by atoms with E-state index < -0.39 is 17.4 Å². The van der Waals surface area contributed by atoms with Crippen LogP contribution in [0.25, 0.3) is 0 Å². The Bertz CT molecular complexity index is 635. The summed E-state index contributed by atoms with van der Waals surface area (Å²) in [7, 11) is 1.49. The molecule has 0 N–H and O–H groups in total. The average molecular weight is 347 g/mol. The Kier molecular flexibility index (Phi) is 5.88. The van der Waals surface area contributed by atoms with Gasteiger partial charge in [0.25, 0.3) is 0 Å². The quantitative estimate of drug-likeness (QED) is 0.684. The molecule has 5 heteroatoms. The van der Waals surface area contributed by atoms with Crippen molar-refractivity contribution in [1.29, 1.82) is 0 Å². The van der Waals surface area contributed by atoms with Crippen molar-refractivity contribution in [2.45, 2.75) is 71.1 Å². The Balaban J connectivity index is 2.40. The van der Waals surface area contributed by atoms with Crippen LogP contribution in [0.1, 0.15) is 70.2 Å². The minimum Gasteiger partial charge on any atom is -0.443 e. The molecule has 0 bridgehead atoms. The molecule has 0 aromatic heterocycles. The second kappa shape index (κ2) is 7.56. The number of ether oxygens (including phenoxy) is 2. The molecule has 5 nitrogen and oxygen atoms in total. The maximum atomic E-state index is 13.1. The lowest BCUT2D eigenvalue weighted by molar-refractivity contribution is -0.0109. The molecule has 138 valence electrons. The van der Waals surface area contributed by atoms with Crippen molar-refractivity contribution < 1.29 is 19.1 Å². The summed E-state index contributed by atoms with van der Waals surface area (Å²) in [6, 6.07) is 7.12. The zero-order valence-corrected chi connectivity index (χ0v) is 15.9. The summed E-state index contributed by atoms with van der Waals surface area (Å²) in [6.07, 6.45) is 3.89. The fourth-order valence-corrected chi connectivity index (χ4v) is 3.22. The van der Waals surface area contributed by atoms with E-state index in [1.54, 1.807) is 18.2 Å². The van der Waals surface area contributed by atoms with Crippen molar-refractivity contribution in [3.8, 4) is 0 Å². The minimum atomic E-state index is -1.32. The Hall–Kier alpha value is -1.88. The molecular weight excluding hydrogens is 318 g/mol. The van der Waals surface area contributed by atoms with Crippen molar-refractivity contribution in [3.05, 3.63) is 29.8 Å². The van der Waals surface area contributed by atoms with Crippen molar-refractivity contribution in [2.75, 3.05) is 12.0 Å². The van der Waals surface area contributed by atoms with Crippen molar-refractivity contribution >= 4 is 17.6 Å². The average Bonchev–Trinajstić information content (AvgIpc) is 2.80. The highest BCUT2D eigenvalue weighted by molar-refractivity contribution is 6.18. The Labute approximate surface area is 150 Å². The van der Waals surface area contributed by atoms with Crippen molar-refractivity contribution in [2.24, 2.45) is 0 Å². The topological polar surface area (TPSA) is 55.8 Å². The summed E-state index contributed by atoms with van der Waals surface area (Å²) in [4.78, 5) is 27.4. The molecule has 0 radical (unpaired) electrons. The van der Waals surface area contributed by atoms with E-state index in [4.69, 9.17) is 9.47 Å². The van der Waals surface area contributed by atoms with E-state index in [2.05, 4.69) is 6.92 Å². The van der Waals surface area contributed by atoms with Crippen LogP contribution in [0, 0.1) is 0 Å². The van der Waals surface area contributed by atoms with Crippen LogP contribution in [-0.4, -0.2) is 30.3 Å². The van der Waals surface area contributed by atoms with E-state index in [1.807, 2.05) is 26.8 Å². The first-order valence-electron chi connectivity index (χ1n) is 8.99. The predicted molar refractivity (Wildman–Crippen MR) is 98.0 cm³/mol. The van der Waals surface area contributed by atoms with E-state index >= 15 is 0 Å². The monoisotopic (exact) mass is 347 g/mol. The zero-order chi connectivity index (χ0) is 18.7. The Morgan fingerprint density at radius 1 is 1.16 bits per heavy atom. The van der Waals surface area contributed by atoms with E-state index in [-0.39, 0.29) is 5.78 Å². The number of carbonyl (C=O) groups excluding carboxylic acids is 2. The lowest BCUT2D eigenvalue weighted by Gasteiger charge is -2.36. The number of benzene rings is 1. The molecule has 0 fully saturated rings. The smallest absolute Gasteiger partial charge is 0.417 e. The summed E-state index contributed by atoms with van der Waals surface area (Å²) in [5.74, 6) is -0.173. The highest BCUT2D eigenvalue weighted by Crippen LogP contribution is 2.43. The van der Waals surface area contributed by atoms with Crippen LogP contribution in [0.2, 0.25) is 0 Å². The van der Waals surface area contributed by atoms with Crippen molar-refractivity contribution in [3.63, 3.8) is 0 Å². The van der Waals surface area contributed by atoms with Gasteiger partial charge in [-0.1, -0.05) is 38.3 Å². The first kappa shape index (κ1) is 19.4. The molecule has 2 rings (SSSR count). The van der Waals surface area contributed by atoms with Gasteiger partial charge in [-0.25, -0.2) is 9.69 Å². The second-order valence-corrected chi connectivity index (χ2v) is 7.46. The fraction of sp³-hybridized carbons (Fsp3) is 0.600. The van der Waals surface area contributed by atoms with Gasteiger partial charge in [0.05, 0.1) is 5.69 Å². The predicted octanol–water partition coefficient (Wildman–Crippen LogP) is 4.94. The molecule has 1 heterocycles. The number of fused-ring (bicyclic) bond motifs is 1. The third-order valence-electron chi connectivity index (χ3n) is 4.39. The number of carbonyl (C=O) groups is 2. The second-order valence-electron chi connectivity index (χ2n) is 7.46. The van der Waals surface area contributed by atoms with Gasteiger partial charge in [0.15, 0.2) is 0 Å². The van der Waals surface area contributed by atoms with Crippen molar-refractivity contribution in [1.82, 2.24) is 0 Å². The molecule has 1 aliphatic heterocycles. The number of methoxy groups -OCH3 is 1. The summed E-state index contributed by atoms with van der Waals surface area (Å²) in [5, 5.41) is 0. The Morgan fingerprint density at radius 2 is 1.84 bits per heavy atom. The summed E-state index contributed by atoms with van der Waals surface area (Å²) >= 11 is 0. The molecule has 1 aromatic rings. The van der Waals surface area contributed by atoms with E-state index in [0.717, 1.165) is 25.7 Å². The number of nitrogens with zero attached hydrogens (tertiary/aromatic N) is 1. The number of Topliss-reactive ketones (excluding diaryl/α,β-unsaturated/α-hetero) is 1. The third-order valence-corrected chi connectivity index (χ3v) is 4.39. The van der Waals surface area contributed by atoms with E-state index in [1.165, 1.54) is 12.0 Å². The number of anilines is 1. The van der Waals surface area contributed by atoms with Gasteiger partial charge in [-0.3, -0.25) is 4.79 Å². The largest absolute Gasteiger partial charge is 0.443 e. The van der Waals surface area contributed by atoms with Gasteiger partial charge in [0.2, 0.25) is 11.5 Å². The molecule has 1 aromatic carbocycles. The molecule has 1 amide bonds. The van der Waals surface area contributed by atoms with Crippen LogP contribution in [-0.2, 0) is 9.47 Å². The van der Waals surface area contributed by atoms with Gasteiger partial charge < -0.3 is 9.47 Å². The molecule has 0 spiro atoms. The van der Waals surface area contributed by atoms with E-state index in [0.29, 0.717) is 17.7 Å². The summed E-state index contributed by atoms with van der Waals surface area (Å²) < 4.78 is 11.3. The van der Waals surface area contributed by atoms with Crippen LogP contribution in [0.15, 0.2) is 24.3 Å². The standard InChI is InChI=1S/C20H29NO4/c1-6-7-8-11-14-20(24-5)17(22)15-12-9-10-13-16(15)21(20)18(23)25-19(2,3)4/h9-10,12-13H,6-8,11,14H2,1-5H3. The van der Waals surface area contributed by atoms with Crippen LogP contribution >= 0.6 is 0 Å². The zero-order valence-electron chi connectivity index (χ0n) is 15.9. The van der Waals surface area contributed by atoms with Crippen LogP contribution in [0.4, 0.5) is 10.5 Å². The lowest BCUT2D eigenvalue weighted by atomic mass is 9.98. The first-order valence-corrected chi connectivity index (χ1v) is 8.99. The van der Waals surface area contributed by atoms with Crippen LogP contribution < -0.4 is 4.90 Å². The maximum Gasteiger partial charge on any atom is 0.417 e. The molecule has 0 saturated carbocycles. The Morgan fingerprint density at radius 3 is 2.44 bits per heavy atom. The van der Waals surface area contributed by atoms with Crippen LogP contribution in [0.5, 0.6) is 0 Å². The highest BCUT2D eigenvalue weighted by Gasteiger charge is 2.55. The molecule has 0 aliphatic carbocycles. The molecule has 1 unspecified atom stereocenters. The van der Waals surface area contributed by atoms with Gasteiger partial charge in [0, 0.05) is 19.1 Å².